The summed E-state index contributed by atoms with van der Waals surface area (Å²) in [5.74, 6) is 1.08. The highest BCUT2D eigenvalue weighted by Crippen LogP contribution is 2.29. The number of aromatic nitrogens is 2. The fourth-order valence-electron chi connectivity index (χ4n) is 2.73. The van der Waals surface area contributed by atoms with E-state index in [-0.39, 0.29) is 11.6 Å². The molecule has 2 aromatic carbocycles. The molecule has 0 atom stereocenters. The number of benzene rings is 2. The van der Waals surface area contributed by atoms with E-state index in [1.807, 2.05) is 24.3 Å². The van der Waals surface area contributed by atoms with Crippen molar-refractivity contribution in [3.05, 3.63) is 71.1 Å². The molecule has 3 rings (SSSR count). The van der Waals surface area contributed by atoms with Crippen LogP contribution in [-0.4, -0.2) is 23.0 Å². The summed E-state index contributed by atoms with van der Waals surface area (Å²) in [6.45, 7) is 4.16. The quantitative estimate of drug-likeness (QED) is 0.594. The van der Waals surface area contributed by atoms with E-state index in [2.05, 4.69) is 34.4 Å². The van der Waals surface area contributed by atoms with Crippen LogP contribution in [0.25, 0.3) is 0 Å². The van der Waals surface area contributed by atoms with E-state index >= 15 is 0 Å². The predicted molar refractivity (Wildman–Crippen MR) is 112 cm³/mol. The first-order valence-electron chi connectivity index (χ1n) is 8.81. The zero-order valence-electron chi connectivity index (χ0n) is 15.9. The molecular weight excluding hydrogens is 376 g/mol. The number of hydrogen-bond donors (Lipinski definition) is 2. The van der Waals surface area contributed by atoms with Gasteiger partial charge in [-0.05, 0) is 35.7 Å². The number of rotatable bonds is 6. The van der Waals surface area contributed by atoms with E-state index in [0.29, 0.717) is 28.2 Å². The zero-order chi connectivity index (χ0) is 20.1. The van der Waals surface area contributed by atoms with Crippen molar-refractivity contribution >= 4 is 34.7 Å². The molecule has 6 nitrogen and oxygen atoms in total. The minimum atomic E-state index is -0.313. The molecule has 28 heavy (non-hydrogen) atoms. The van der Waals surface area contributed by atoms with Crippen molar-refractivity contribution in [1.82, 2.24) is 9.97 Å². The van der Waals surface area contributed by atoms with Crippen molar-refractivity contribution in [1.29, 1.82) is 0 Å². The first-order chi connectivity index (χ1) is 13.5. The molecule has 0 bridgehead atoms. The molecule has 0 aliphatic carbocycles. The van der Waals surface area contributed by atoms with Crippen LogP contribution in [0.4, 0.5) is 17.2 Å². The molecule has 1 aromatic heterocycles. The average Bonchev–Trinajstić information content (AvgIpc) is 2.69. The minimum Gasteiger partial charge on any atom is -0.495 e. The number of hydrogen-bond acceptors (Lipinski definition) is 5. The smallest absolute Gasteiger partial charge is 0.275 e. The van der Waals surface area contributed by atoms with Crippen molar-refractivity contribution < 1.29 is 9.53 Å². The molecule has 1 amide bonds. The molecule has 0 saturated heterocycles. The summed E-state index contributed by atoms with van der Waals surface area (Å²) < 4.78 is 5.30. The number of nitrogens with one attached hydrogen (secondary N) is 2. The number of amides is 1. The number of halogens is 1. The van der Waals surface area contributed by atoms with E-state index in [9.17, 15) is 4.79 Å². The van der Waals surface area contributed by atoms with E-state index in [1.165, 1.54) is 12.4 Å². The van der Waals surface area contributed by atoms with Gasteiger partial charge in [-0.3, -0.25) is 4.79 Å². The predicted octanol–water partition coefficient (Wildman–Crippen LogP) is 5.26. The Labute approximate surface area is 168 Å². The summed E-state index contributed by atoms with van der Waals surface area (Å²) in [4.78, 5) is 21.0. The molecule has 0 unspecified atom stereocenters. The van der Waals surface area contributed by atoms with Gasteiger partial charge in [0.05, 0.1) is 25.2 Å². The van der Waals surface area contributed by atoms with E-state index in [0.717, 1.165) is 11.3 Å². The first kappa shape index (κ1) is 19.6. The van der Waals surface area contributed by atoms with Gasteiger partial charge in [0.25, 0.3) is 5.91 Å². The van der Waals surface area contributed by atoms with Crippen LogP contribution in [0.1, 0.15) is 35.8 Å². The number of para-hydroxylation sites is 1. The number of carbonyl (C=O) groups excluding carboxylic acids is 1. The molecule has 2 N–H and O–H groups in total. The molecule has 0 aliphatic heterocycles. The lowest BCUT2D eigenvalue weighted by atomic mass is 10.0. The van der Waals surface area contributed by atoms with Gasteiger partial charge < -0.3 is 15.4 Å². The van der Waals surface area contributed by atoms with Gasteiger partial charge in [-0.2, -0.15) is 0 Å². The van der Waals surface area contributed by atoms with Crippen LogP contribution in [0.3, 0.4) is 0 Å². The van der Waals surface area contributed by atoms with Crippen LogP contribution in [0.5, 0.6) is 5.75 Å². The average molecular weight is 397 g/mol. The Hall–Kier alpha value is -3.12. The van der Waals surface area contributed by atoms with E-state index in [4.69, 9.17) is 16.3 Å². The lowest BCUT2D eigenvalue weighted by molar-refractivity contribution is 0.102. The Kier molecular flexibility index (Phi) is 6.11. The van der Waals surface area contributed by atoms with Crippen molar-refractivity contribution in [2.75, 3.05) is 17.7 Å². The maximum atomic E-state index is 12.5. The molecule has 0 spiro atoms. The Bertz CT molecular complexity index is 974. The molecule has 0 aliphatic rings. The third-order valence-corrected chi connectivity index (χ3v) is 4.37. The summed E-state index contributed by atoms with van der Waals surface area (Å²) in [7, 11) is 1.57. The van der Waals surface area contributed by atoms with Gasteiger partial charge in [0.2, 0.25) is 0 Å². The zero-order valence-corrected chi connectivity index (χ0v) is 16.6. The standard InChI is InChI=1S/C21H21ClN4O2/c1-13(2)15-6-4-5-7-16(15)26-21(27)18-11-24-20(12-23-18)25-17-10-14(22)8-9-19(17)28-3/h4-13H,1-3H3,(H,24,25)(H,26,27). The third kappa shape index (κ3) is 4.58. The SMILES string of the molecule is COc1ccc(Cl)cc1Nc1cnc(C(=O)Nc2ccccc2C(C)C)cn1. The fourth-order valence-corrected chi connectivity index (χ4v) is 2.90. The van der Waals surface area contributed by atoms with Crippen LogP contribution in [0.2, 0.25) is 5.02 Å². The second-order valence-corrected chi connectivity index (χ2v) is 6.89. The van der Waals surface area contributed by atoms with Gasteiger partial charge in [-0.1, -0.05) is 43.6 Å². The second-order valence-electron chi connectivity index (χ2n) is 6.45. The molecule has 144 valence electrons. The van der Waals surface area contributed by atoms with Crippen LogP contribution >= 0.6 is 11.6 Å². The molecule has 7 heteroatoms. The summed E-state index contributed by atoms with van der Waals surface area (Å²) in [6.07, 6.45) is 2.91. The third-order valence-electron chi connectivity index (χ3n) is 4.14. The second kappa shape index (κ2) is 8.71. The van der Waals surface area contributed by atoms with Crippen LogP contribution in [0, 0.1) is 0 Å². The number of anilines is 3. The Balaban J connectivity index is 1.74. The molecular formula is C21H21ClN4O2. The van der Waals surface area contributed by atoms with Gasteiger partial charge in [0.15, 0.2) is 0 Å². The van der Waals surface area contributed by atoms with Gasteiger partial charge in [-0.25, -0.2) is 9.97 Å². The molecule has 3 aromatic rings. The highest BCUT2D eigenvalue weighted by atomic mass is 35.5. The largest absolute Gasteiger partial charge is 0.495 e. The highest BCUT2D eigenvalue weighted by molar-refractivity contribution is 6.31. The van der Waals surface area contributed by atoms with Crippen molar-refractivity contribution in [3.63, 3.8) is 0 Å². The Morgan fingerprint density at radius 3 is 2.54 bits per heavy atom. The Morgan fingerprint density at radius 1 is 1.07 bits per heavy atom. The highest BCUT2D eigenvalue weighted by Gasteiger charge is 2.13. The number of ether oxygens (including phenoxy) is 1. The van der Waals surface area contributed by atoms with Crippen molar-refractivity contribution in [2.24, 2.45) is 0 Å². The number of methoxy groups -OCH3 is 1. The number of nitrogens with zero attached hydrogens (tertiary/aromatic N) is 2. The normalized spacial score (nSPS) is 10.6. The summed E-state index contributed by atoms with van der Waals surface area (Å²) in [6, 6.07) is 12.9. The maximum Gasteiger partial charge on any atom is 0.275 e. The minimum absolute atomic E-state index is 0.224. The maximum absolute atomic E-state index is 12.5. The molecule has 1 heterocycles. The first-order valence-corrected chi connectivity index (χ1v) is 9.18. The number of carbonyl (C=O) groups is 1. The van der Waals surface area contributed by atoms with Crippen LogP contribution in [0.15, 0.2) is 54.9 Å². The lowest BCUT2D eigenvalue weighted by Crippen LogP contribution is -2.15. The summed E-state index contributed by atoms with van der Waals surface area (Å²) in [5.41, 5.74) is 2.72. The van der Waals surface area contributed by atoms with Crippen molar-refractivity contribution in [3.8, 4) is 5.75 Å². The van der Waals surface area contributed by atoms with Gasteiger partial charge in [0.1, 0.15) is 17.3 Å². The van der Waals surface area contributed by atoms with Gasteiger partial charge >= 0.3 is 0 Å². The van der Waals surface area contributed by atoms with Crippen LogP contribution in [-0.2, 0) is 0 Å². The Morgan fingerprint density at radius 2 is 1.86 bits per heavy atom. The van der Waals surface area contributed by atoms with E-state index in [1.54, 1.807) is 25.3 Å². The molecule has 0 saturated carbocycles. The fraction of sp³-hybridized carbons (Fsp3) is 0.190. The summed E-state index contributed by atoms with van der Waals surface area (Å²) >= 11 is 6.03. The van der Waals surface area contributed by atoms with Gasteiger partial charge in [-0.15, -0.1) is 0 Å². The van der Waals surface area contributed by atoms with E-state index < -0.39 is 0 Å². The molecule has 0 fully saturated rings. The van der Waals surface area contributed by atoms with Crippen LogP contribution < -0.4 is 15.4 Å². The van der Waals surface area contributed by atoms with Gasteiger partial charge in [0, 0.05) is 10.7 Å². The topological polar surface area (TPSA) is 76.1 Å². The lowest BCUT2D eigenvalue weighted by Gasteiger charge is -2.13. The summed E-state index contributed by atoms with van der Waals surface area (Å²) in [5, 5.41) is 6.56. The molecule has 0 radical (unpaired) electrons. The monoisotopic (exact) mass is 396 g/mol. The van der Waals surface area contributed by atoms with Crippen molar-refractivity contribution in [2.45, 2.75) is 19.8 Å².